The van der Waals surface area contributed by atoms with Gasteiger partial charge in [-0.05, 0) is 36.4 Å². The van der Waals surface area contributed by atoms with Crippen molar-refractivity contribution in [3.05, 3.63) is 65.7 Å². The van der Waals surface area contributed by atoms with Crippen molar-refractivity contribution in [1.29, 1.82) is 0 Å². The lowest BCUT2D eigenvalue weighted by atomic mass is 10.1. The van der Waals surface area contributed by atoms with E-state index < -0.39 is 23.2 Å². The molecule has 3 aromatic rings. The number of carbonyl (C=O) groups is 1. The van der Waals surface area contributed by atoms with Crippen molar-refractivity contribution < 1.29 is 27.2 Å². The Balaban J connectivity index is 1.80. The number of methoxy groups -OCH3 is 1. The molecule has 1 aromatic heterocycles. The van der Waals surface area contributed by atoms with Gasteiger partial charge in [0.05, 0.1) is 18.2 Å². The smallest absolute Gasteiger partial charge is 0.417 e. The maximum atomic E-state index is 13.0. The summed E-state index contributed by atoms with van der Waals surface area (Å²) in [6.07, 6.45) is -4.64. The van der Waals surface area contributed by atoms with Gasteiger partial charge in [-0.2, -0.15) is 13.2 Å². The minimum Gasteiger partial charge on any atom is -0.497 e. The van der Waals surface area contributed by atoms with Gasteiger partial charge in [0.25, 0.3) is 5.91 Å². The summed E-state index contributed by atoms with van der Waals surface area (Å²) < 4.78 is 49.1. The zero-order chi connectivity index (χ0) is 18.7. The molecule has 1 N–H and O–H groups in total. The summed E-state index contributed by atoms with van der Waals surface area (Å²) in [5, 5.41) is 6.10. The van der Waals surface area contributed by atoms with E-state index in [-0.39, 0.29) is 5.88 Å². The van der Waals surface area contributed by atoms with E-state index in [4.69, 9.17) is 9.26 Å². The number of alkyl halides is 3. The summed E-state index contributed by atoms with van der Waals surface area (Å²) in [5.41, 5.74) is -0.396. The maximum absolute atomic E-state index is 13.0. The zero-order valence-corrected chi connectivity index (χ0v) is 13.5. The quantitative estimate of drug-likeness (QED) is 0.735. The molecule has 0 radical (unpaired) electrons. The maximum Gasteiger partial charge on any atom is 0.417 e. The van der Waals surface area contributed by atoms with Crippen molar-refractivity contribution in [2.75, 3.05) is 12.4 Å². The van der Waals surface area contributed by atoms with Crippen molar-refractivity contribution in [3.63, 3.8) is 0 Å². The number of nitrogens with one attached hydrogen (secondary N) is 1. The lowest BCUT2D eigenvalue weighted by molar-refractivity contribution is -0.137. The Bertz CT molecular complexity index is 918. The van der Waals surface area contributed by atoms with Gasteiger partial charge in [-0.15, -0.1) is 0 Å². The SMILES string of the molecule is COc1ccc(-c2cc(NC(=O)c3ccccc3C(F)(F)F)on2)cc1. The first-order chi connectivity index (χ1) is 12.4. The second-order valence-corrected chi connectivity index (χ2v) is 5.30. The van der Waals surface area contributed by atoms with Gasteiger partial charge in [0.1, 0.15) is 11.4 Å². The molecule has 26 heavy (non-hydrogen) atoms. The van der Waals surface area contributed by atoms with Gasteiger partial charge in [-0.25, -0.2) is 0 Å². The van der Waals surface area contributed by atoms with Crippen molar-refractivity contribution in [1.82, 2.24) is 5.16 Å². The van der Waals surface area contributed by atoms with Crippen LogP contribution in [0, 0.1) is 0 Å². The van der Waals surface area contributed by atoms with E-state index in [1.807, 2.05) is 0 Å². The van der Waals surface area contributed by atoms with Crippen molar-refractivity contribution in [2.24, 2.45) is 0 Å². The van der Waals surface area contributed by atoms with Gasteiger partial charge in [-0.3, -0.25) is 10.1 Å². The standard InChI is InChI=1S/C18H13F3N2O3/c1-25-12-8-6-11(7-9-12)15-10-16(26-23-15)22-17(24)13-4-2-3-5-14(13)18(19,20)21/h2-10H,1H3,(H,22,24). The van der Waals surface area contributed by atoms with Gasteiger partial charge in [0.15, 0.2) is 0 Å². The Morgan fingerprint density at radius 1 is 1.12 bits per heavy atom. The number of rotatable bonds is 4. The molecule has 0 aliphatic carbocycles. The first kappa shape index (κ1) is 17.5. The summed E-state index contributed by atoms with van der Waals surface area (Å²) in [6, 6.07) is 12.9. The number of hydrogen-bond acceptors (Lipinski definition) is 4. The van der Waals surface area contributed by atoms with Crippen LogP contribution < -0.4 is 10.1 Å². The molecule has 0 aliphatic heterocycles. The Labute approximate surface area is 146 Å². The molecule has 0 saturated carbocycles. The van der Waals surface area contributed by atoms with Crippen LogP contribution in [-0.2, 0) is 6.18 Å². The monoisotopic (exact) mass is 362 g/mol. The number of halogens is 3. The van der Waals surface area contributed by atoms with E-state index in [2.05, 4.69) is 10.5 Å². The molecule has 2 aromatic carbocycles. The highest BCUT2D eigenvalue weighted by Gasteiger charge is 2.35. The third-order valence-corrected chi connectivity index (χ3v) is 3.61. The molecule has 0 saturated heterocycles. The Morgan fingerprint density at radius 2 is 1.81 bits per heavy atom. The first-order valence-corrected chi connectivity index (χ1v) is 7.47. The first-order valence-electron chi connectivity index (χ1n) is 7.47. The molecule has 3 rings (SSSR count). The van der Waals surface area contributed by atoms with Crippen LogP contribution in [0.4, 0.5) is 19.1 Å². The van der Waals surface area contributed by atoms with E-state index in [1.54, 1.807) is 24.3 Å². The topological polar surface area (TPSA) is 64.4 Å². The molecule has 1 amide bonds. The predicted molar refractivity (Wildman–Crippen MR) is 87.9 cm³/mol. The van der Waals surface area contributed by atoms with E-state index in [0.717, 1.165) is 12.1 Å². The minimum absolute atomic E-state index is 0.0576. The fourth-order valence-corrected chi connectivity index (χ4v) is 2.34. The molecule has 134 valence electrons. The molecule has 0 fully saturated rings. The molecule has 0 spiro atoms. The van der Waals surface area contributed by atoms with E-state index in [1.165, 1.54) is 25.3 Å². The van der Waals surface area contributed by atoms with Crippen LogP contribution in [0.2, 0.25) is 0 Å². The number of benzene rings is 2. The molecule has 0 aliphatic rings. The van der Waals surface area contributed by atoms with Crippen LogP contribution in [0.15, 0.2) is 59.1 Å². The van der Waals surface area contributed by atoms with Crippen LogP contribution in [0.3, 0.4) is 0 Å². The lowest BCUT2D eigenvalue weighted by Gasteiger charge is -2.11. The molecule has 0 atom stereocenters. The summed E-state index contributed by atoms with van der Waals surface area (Å²) in [4.78, 5) is 12.2. The lowest BCUT2D eigenvalue weighted by Crippen LogP contribution is -2.18. The molecule has 5 nitrogen and oxygen atoms in total. The fraction of sp³-hybridized carbons (Fsp3) is 0.111. The van der Waals surface area contributed by atoms with Crippen molar-refractivity contribution >= 4 is 11.8 Å². The van der Waals surface area contributed by atoms with Crippen LogP contribution in [0.25, 0.3) is 11.3 Å². The Hall–Kier alpha value is -3.29. The molecular weight excluding hydrogens is 349 g/mol. The fourth-order valence-electron chi connectivity index (χ4n) is 2.34. The molecule has 8 heteroatoms. The van der Waals surface area contributed by atoms with Gasteiger partial charge in [-0.1, -0.05) is 17.3 Å². The number of anilines is 1. The summed E-state index contributed by atoms with van der Waals surface area (Å²) in [7, 11) is 1.54. The van der Waals surface area contributed by atoms with E-state index in [0.29, 0.717) is 17.0 Å². The Morgan fingerprint density at radius 3 is 2.46 bits per heavy atom. The second-order valence-electron chi connectivity index (χ2n) is 5.30. The average Bonchev–Trinajstić information content (AvgIpc) is 3.09. The number of hydrogen-bond donors (Lipinski definition) is 1. The highest BCUT2D eigenvalue weighted by atomic mass is 19.4. The van der Waals surface area contributed by atoms with E-state index in [9.17, 15) is 18.0 Å². The third-order valence-electron chi connectivity index (χ3n) is 3.61. The number of carbonyl (C=O) groups excluding carboxylic acids is 1. The number of ether oxygens (including phenoxy) is 1. The predicted octanol–water partition coefficient (Wildman–Crippen LogP) is 4.62. The number of amides is 1. The van der Waals surface area contributed by atoms with Gasteiger partial charge >= 0.3 is 6.18 Å². The highest BCUT2D eigenvalue weighted by molar-refractivity contribution is 6.04. The normalized spacial score (nSPS) is 11.2. The van der Waals surface area contributed by atoms with Crippen LogP contribution in [0.1, 0.15) is 15.9 Å². The molecule has 0 bridgehead atoms. The number of aromatic nitrogens is 1. The van der Waals surface area contributed by atoms with Gasteiger partial charge < -0.3 is 9.26 Å². The summed E-state index contributed by atoms with van der Waals surface area (Å²) in [5.74, 6) is -0.331. The van der Waals surface area contributed by atoms with Gasteiger partial charge in [0.2, 0.25) is 5.88 Å². The van der Waals surface area contributed by atoms with E-state index >= 15 is 0 Å². The van der Waals surface area contributed by atoms with Crippen LogP contribution in [-0.4, -0.2) is 18.2 Å². The largest absolute Gasteiger partial charge is 0.497 e. The summed E-state index contributed by atoms with van der Waals surface area (Å²) >= 11 is 0. The highest BCUT2D eigenvalue weighted by Crippen LogP contribution is 2.32. The summed E-state index contributed by atoms with van der Waals surface area (Å²) in [6.45, 7) is 0. The van der Waals surface area contributed by atoms with Crippen LogP contribution in [0.5, 0.6) is 5.75 Å². The minimum atomic E-state index is -4.64. The van der Waals surface area contributed by atoms with Crippen molar-refractivity contribution in [3.8, 4) is 17.0 Å². The number of nitrogens with zero attached hydrogens (tertiary/aromatic N) is 1. The second kappa shape index (κ2) is 6.91. The zero-order valence-electron chi connectivity index (χ0n) is 13.5. The van der Waals surface area contributed by atoms with Gasteiger partial charge in [0, 0.05) is 11.6 Å². The van der Waals surface area contributed by atoms with Crippen LogP contribution >= 0.6 is 0 Å². The molecule has 1 heterocycles. The molecular formula is C18H13F3N2O3. The molecule has 0 unspecified atom stereocenters. The average molecular weight is 362 g/mol. The van der Waals surface area contributed by atoms with Crippen molar-refractivity contribution in [2.45, 2.75) is 6.18 Å². The Kier molecular flexibility index (Phi) is 4.66. The third kappa shape index (κ3) is 3.69.